The van der Waals surface area contributed by atoms with Crippen molar-refractivity contribution in [2.24, 2.45) is 5.73 Å². The maximum absolute atomic E-state index is 11.6. The number of aliphatic carboxylic acids is 1. The van der Waals surface area contributed by atoms with Gasteiger partial charge in [0.25, 0.3) is 5.91 Å². The van der Waals surface area contributed by atoms with E-state index < -0.39 is 30.2 Å². The number of carboxylic acids is 1. The molecule has 4 N–H and O–H groups in total. The predicted octanol–water partition coefficient (Wildman–Crippen LogP) is 0.569. The average Bonchev–Trinajstić information content (AvgIpc) is 2.63. The summed E-state index contributed by atoms with van der Waals surface area (Å²) in [6, 6.07) is 0.252. The molecule has 0 aromatic carbocycles. The van der Waals surface area contributed by atoms with Gasteiger partial charge >= 0.3 is 5.97 Å². The Morgan fingerprint density at radius 3 is 2.59 bits per heavy atom. The van der Waals surface area contributed by atoms with Crippen LogP contribution in [0.2, 0.25) is 0 Å². The van der Waals surface area contributed by atoms with Gasteiger partial charge in [-0.1, -0.05) is 0 Å². The molecule has 92 valence electrons. The maximum atomic E-state index is 11.6. The van der Waals surface area contributed by atoms with E-state index in [9.17, 15) is 14.4 Å². The second-order valence-electron chi connectivity index (χ2n) is 3.17. The van der Waals surface area contributed by atoms with Crippen molar-refractivity contribution in [2.75, 3.05) is 0 Å². The zero-order valence-corrected chi connectivity index (χ0v) is 10.9. The van der Waals surface area contributed by atoms with E-state index in [0.717, 1.165) is 3.79 Å². The Morgan fingerprint density at radius 2 is 2.18 bits per heavy atom. The SMILES string of the molecule is NC(=O)CC(NC(=O)c1csc(Br)c1)C(=O)O. The van der Waals surface area contributed by atoms with Gasteiger partial charge in [-0.3, -0.25) is 9.59 Å². The van der Waals surface area contributed by atoms with E-state index in [1.165, 1.54) is 11.3 Å². The van der Waals surface area contributed by atoms with Crippen LogP contribution in [0.1, 0.15) is 16.8 Å². The van der Waals surface area contributed by atoms with Gasteiger partial charge in [0, 0.05) is 5.38 Å². The summed E-state index contributed by atoms with van der Waals surface area (Å²) in [7, 11) is 0. The molecular weight excluding hydrogens is 312 g/mol. The van der Waals surface area contributed by atoms with Gasteiger partial charge in [-0.05, 0) is 22.0 Å². The van der Waals surface area contributed by atoms with Crippen molar-refractivity contribution in [3.63, 3.8) is 0 Å². The zero-order chi connectivity index (χ0) is 13.0. The number of nitrogens with two attached hydrogens (primary N) is 1. The second kappa shape index (κ2) is 5.78. The fourth-order valence-electron chi connectivity index (χ4n) is 1.07. The molecular formula is C9H9BrN2O4S. The standard InChI is InChI=1S/C9H9BrN2O4S/c10-6-1-4(3-17-6)8(14)12-5(9(15)16)2-7(11)13/h1,3,5H,2H2,(H2,11,13)(H,12,14)(H,15,16). The number of hydrogen-bond donors (Lipinski definition) is 3. The summed E-state index contributed by atoms with van der Waals surface area (Å²) in [5.41, 5.74) is 5.22. The first-order valence-corrected chi connectivity index (χ1v) is 6.13. The molecule has 1 heterocycles. The van der Waals surface area contributed by atoms with Gasteiger partial charge in [0.15, 0.2) is 0 Å². The van der Waals surface area contributed by atoms with E-state index in [1.807, 2.05) is 0 Å². The highest BCUT2D eigenvalue weighted by atomic mass is 79.9. The van der Waals surface area contributed by atoms with Gasteiger partial charge in [-0.2, -0.15) is 0 Å². The molecule has 1 atom stereocenters. The molecule has 17 heavy (non-hydrogen) atoms. The van der Waals surface area contributed by atoms with Gasteiger partial charge < -0.3 is 16.2 Å². The van der Waals surface area contributed by atoms with Gasteiger partial charge in [0.2, 0.25) is 5.91 Å². The minimum Gasteiger partial charge on any atom is -0.480 e. The molecule has 0 aliphatic rings. The third-order valence-corrected chi connectivity index (χ3v) is 3.34. The number of nitrogens with one attached hydrogen (secondary N) is 1. The van der Waals surface area contributed by atoms with E-state index in [-0.39, 0.29) is 0 Å². The van der Waals surface area contributed by atoms with Crippen LogP contribution in [0.4, 0.5) is 0 Å². The van der Waals surface area contributed by atoms with Crippen LogP contribution in [0, 0.1) is 0 Å². The number of carbonyl (C=O) groups is 3. The summed E-state index contributed by atoms with van der Waals surface area (Å²) in [6.07, 6.45) is -0.438. The Kier molecular flexibility index (Phi) is 4.64. The first-order valence-electron chi connectivity index (χ1n) is 4.46. The predicted molar refractivity (Wildman–Crippen MR) is 64.7 cm³/mol. The van der Waals surface area contributed by atoms with Gasteiger partial charge in [-0.15, -0.1) is 11.3 Å². The van der Waals surface area contributed by atoms with Crippen LogP contribution in [0.25, 0.3) is 0 Å². The fourth-order valence-corrected chi connectivity index (χ4v) is 2.21. The number of primary amides is 1. The summed E-state index contributed by atoms with van der Waals surface area (Å²) in [5.74, 6) is -2.64. The molecule has 8 heteroatoms. The molecule has 1 rings (SSSR count). The Bertz CT molecular complexity index is 460. The molecule has 0 aliphatic heterocycles. The third kappa shape index (κ3) is 4.16. The van der Waals surface area contributed by atoms with Crippen molar-refractivity contribution in [3.8, 4) is 0 Å². The lowest BCUT2D eigenvalue weighted by Crippen LogP contribution is -2.43. The number of carbonyl (C=O) groups excluding carboxylic acids is 2. The molecule has 0 radical (unpaired) electrons. The summed E-state index contributed by atoms with van der Waals surface area (Å²) < 4.78 is 0.754. The Labute approximate surface area is 109 Å². The van der Waals surface area contributed by atoms with Crippen molar-refractivity contribution in [3.05, 3.63) is 20.8 Å². The van der Waals surface area contributed by atoms with Crippen molar-refractivity contribution < 1.29 is 19.5 Å². The van der Waals surface area contributed by atoms with E-state index >= 15 is 0 Å². The lowest BCUT2D eigenvalue weighted by atomic mass is 10.2. The summed E-state index contributed by atoms with van der Waals surface area (Å²) in [5, 5.41) is 12.6. The van der Waals surface area contributed by atoms with Crippen molar-refractivity contribution in [2.45, 2.75) is 12.5 Å². The number of hydrogen-bond acceptors (Lipinski definition) is 4. The summed E-state index contributed by atoms with van der Waals surface area (Å²) in [4.78, 5) is 33.0. The average molecular weight is 321 g/mol. The molecule has 1 aromatic rings. The maximum Gasteiger partial charge on any atom is 0.326 e. The van der Waals surface area contributed by atoms with E-state index in [0.29, 0.717) is 5.56 Å². The van der Waals surface area contributed by atoms with Crippen molar-refractivity contribution in [1.82, 2.24) is 5.32 Å². The highest BCUT2D eigenvalue weighted by molar-refractivity contribution is 9.11. The minimum atomic E-state index is -1.31. The number of thiophene rings is 1. The van der Waals surface area contributed by atoms with E-state index in [1.54, 1.807) is 11.4 Å². The molecule has 0 saturated carbocycles. The molecule has 0 aliphatic carbocycles. The number of amides is 2. The van der Waals surface area contributed by atoms with Crippen LogP contribution < -0.4 is 11.1 Å². The third-order valence-electron chi connectivity index (χ3n) is 1.84. The summed E-state index contributed by atoms with van der Waals surface area (Å²) in [6.45, 7) is 0. The molecule has 0 fully saturated rings. The smallest absolute Gasteiger partial charge is 0.326 e. The lowest BCUT2D eigenvalue weighted by Gasteiger charge is -2.11. The van der Waals surface area contributed by atoms with Crippen LogP contribution >= 0.6 is 27.3 Å². The first-order chi connectivity index (χ1) is 7.90. The molecule has 6 nitrogen and oxygen atoms in total. The Morgan fingerprint density at radius 1 is 1.53 bits per heavy atom. The first kappa shape index (κ1) is 13.7. The van der Waals surface area contributed by atoms with E-state index in [2.05, 4.69) is 21.2 Å². The monoisotopic (exact) mass is 320 g/mol. The molecule has 0 spiro atoms. The van der Waals surface area contributed by atoms with Crippen LogP contribution in [0.15, 0.2) is 15.2 Å². The quantitative estimate of drug-likeness (QED) is 0.736. The van der Waals surface area contributed by atoms with Crippen LogP contribution in [0.3, 0.4) is 0 Å². The highest BCUT2D eigenvalue weighted by Crippen LogP contribution is 2.20. The van der Waals surface area contributed by atoms with Crippen molar-refractivity contribution >= 4 is 45.1 Å². The largest absolute Gasteiger partial charge is 0.480 e. The number of carboxylic acid groups (broad SMARTS) is 1. The second-order valence-corrected chi connectivity index (χ2v) is 5.46. The van der Waals surface area contributed by atoms with Gasteiger partial charge in [-0.25, -0.2) is 4.79 Å². The summed E-state index contributed by atoms with van der Waals surface area (Å²) >= 11 is 4.48. The molecule has 0 saturated heterocycles. The normalized spacial score (nSPS) is 11.8. The van der Waals surface area contributed by atoms with Gasteiger partial charge in [0.1, 0.15) is 6.04 Å². The zero-order valence-electron chi connectivity index (χ0n) is 8.47. The van der Waals surface area contributed by atoms with Crippen LogP contribution in [-0.2, 0) is 9.59 Å². The molecule has 2 amide bonds. The van der Waals surface area contributed by atoms with Crippen LogP contribution in [0.5, 0.6) is 0 Å². The Balaban J connectivity index is 2.70. The topological polar surface area (TPSA) is 109 Å². The lowest BCUT2D eigenvalue weighted by molar-refractivity contribution is -0.140. The van der Waals surface area contributed by atoms with Crippen molar-refractivity contribution in [1.29, 1.82) is 0 Å². The van der Waals surface area contributed by atoms with Gasteiger partial charge in [0.05, 0.1) is 15.8 Å². The molecule has 1 unspecified atom stereocenters. The number of rotatable bonds is 5. The minimum absolute atomic E-state index is 0.331. The number of halogens is 1. The fraction of sp³-hybridized carbons (Fsp3) is 0.222. The molecule has 0 bridgehead atoms. The highest BCUT2D eigenvalue weighted by Gasteiger charge is 2.23. The van der Waals surface area contributed by atoms with E-state index in [4.69, 9.17) is 10.8 Å². The Hall–Kier alpha value is -1.41. The van der Waals surface area contributed by atoms with Crippen LogP contribution in [-0.4, -0.2) is 28.9 Å². The molecule has 1 aromatic heterocycles.